The van der Waals surface area contributed by atoms with Gasteiger partial charge in [0.1, 0.15) is 0 Å². The first-order chi connectivity index (χ1) is 21.9. The summed E-state index contributed by atoms with van der Waals surface area (Å²) < 4.78 is 33.8. The van der Waals surface area contributed by atoms with E-state index in [1.165, 1.54) is 14.8 Å². The summed E-state index contributed by atoms with van der Waals surface area (Å²) in [7, 11) is -1.30. The molecule has 4 aromatic rings. The molecule has 0 aliphatic carbocycles. The van der Waals surface area contributed by atoms with Gasteiger partial charge in [-0.15, -0.1) is 0 Å². The van der Waals surface area contributed by atoms with E-state index in [-0.39, 0.29) is 50.2 Å². The second-order valence-corrected chi connectivity index (χ2v) is 19.0. The van der Waals surface area contributed by atoms with Gasteiger partial charge in [0.25, 0.3) is 0 Å². The summed E-state index contributed by atoms with van der Waals surface area (Å²) in [6.07, 6.45) is -1.23. The number of benzene rings is 4. The molecule has 0 spiro atoms. The molecule has 1 aliphatic rings. The molecule has 45 heavy (non-hydrogen) atoms. The van der Waals surface area contributed by atoms with E-state index >= 15 is 0 Å². The topological polar surface area (TPSA) is 66.4 Å². The molecule has 1 heterocycles. The van der Waals surface area contributed by atoms with Gasteiger partial charge in [0.05, 0.1) is 0 Å². The van der Waals surface area contributed by atoms with Crippen molar-refractivity contribution in [1.82, 2.24) is 0 Å². The molecule has 238 valence electrons. The Balaban J connectivity index is 1.61. The number of hydrogen-bond acceptors (Lipinski definition) is 6. The number of hydrogen-bond donors (Lipinski definition) is 1. The fourth-order valence-electron chi connectivity index (χ4n) is 5.94. The first-order valence-corrected chi connectivity index (χ1v) is 19.2. The first kappa shape index (κ1) is 33.6. The van der Waals surface area contributed by atoms with Crippen molar-refractivity contribution in [2.75, 3.05) is 26.9 Å². The predicted molar refractivity (Wildman–Crippen MR) is 182 cm³/mol. The van der Waals surface area contributed by atoms with Crippen molar-refractivity contribution in [3.05, 3.63) is 121 Å². The van der Waals surface area contributed by atoms with E-state index in [9.17, 15) is 5.11 Å². The Hall–Kier alpha value is -2.78. The third kappa shape index (κ3) is 7.96. The van der Waals surface area contributed by atoms with Gasteiger partial charge in [0.15, 0.2) is 0 Å². The Morgan fingerprint density at radius 1 is 0.800 bits per heavy atom. The average Bonchev–Trinajstić information content (AvgIpc) is 3.07. The van der Waals surface area contributed by atoms with E-state index in [4.69, 9.17) is 23.4 Å². The van der Waals surface area contributed by atoms with Crippen LogP contribution >= 0.6 is 0 Å². The molecule has 5 rings (SSSR count). The fourth-order valence-corrected chi connectivity index (χ4v) is 13.5. The van der Waals surface area contributed by atoms with Gasteiger partial charge < -0.3 is 0 Å². The SMILES string of the molecule is COc1ccc(CO[C@@H]2CO[C@H](OCCO)[C@@H]([Se]c3ccccc3)[C@H]2O[Si](c2ccccc2)(c2ccccc2)C(C)(C)C)cc1. The number of ether oxygens (including phenoxy) is 4. The maximum absolute atomic E-state index is 9.70. The van der Waals surface area contributed by atoms with Gasteiger partial charge in [-0.2, -0.15) is 0 Å². The Bertz CT molecular complexity index is 1390. The van der Waals surface area contributed by atoms with Crippen molar-refractivity contribution in [1.29, 1.82) is 0 Å². The summed E-state index contributed by atoms with van der Waals surface area (Å²) in [6, 6.07) is 39.9. The quantitative estimate of drug-likeness (QED) is 0.205. The van der Waals surface area contributed by atoms with Crippen molar-refractivity contribution in [2.24, 2.45) is 0 Å². The molecule has 0 amide bonds. The van der Waals surface area contributed by atoms with E-state index < -0.39 is 14.6 Å². The zero-order valence-electron chi connectivity index (χ0n) is 26.5. The summed E-state index contributed by atoms with van der Waals surface area (Å²) in [5.74, 6) is 0.808. The molecule has 8 heteroatoms. The van der Waals surface area contributed by atoms with E-state index in [0.717, 1.165) is 11.3 Å². The molecular formula is C37H44O6SeSi. The zero-order valence-corrected chi connectivity index (χ0v) is 29.2. The molecular weight excluding hydrogens is 647 g/mol. The van der Waals surface area contributed by atoms with Crippen molar-refractivity contribution < 1.29 is 28.5 Å². The number of aliphatic hydroxyl groups is 1. The van der Waals surface area contributed by atoms with Gasteiger partial charge in [-0.3, -0.25) is 0 Å². The molecule has 1 fully saturated rings. The number of methoxy groups -OCH3 is 1. The van der Waals surface area contributed by atoms with Crippen LogP contribution in [0, 0.1) is 0 Å². The molecule has 4 aromatic carbocycles. The summed E-state index contributed by atoms with van der Waals surface area (Å²) in [4.78, 5) is -0.136. The van der Waals surface area contributed by atoms with E-state index in [0.29, 0.717) is 13.2 Å². The Labute approximate surface area is 274 Å². The summed E-state index contributed by atoms with van der Waals surface area (Å²) in [5.41, 5.74) is 1.05. The minimum atomic E-state index is -2.97. The van der Waals surface area contributed by atoms with E-state index in [1.807, 2.05) is 30.3 Å². The van der Waals surface area contributed by atoms with Crippen LogP contribution in [-0.2, 0) is 25.2 Å². The molecule has 0 radical (unpaired) electrons. The van der Waals surface area contributed by atoms with Gasteiger partial charge in [-0.25, -0.2) is 0 Å². The molecule has 0 saturated carbocycles. The van der Waals surface area contributed by atoms with Gasteiger partial charge in [-0.1, -0.05) is 0 Å². The summed E-state index contributed by atoms with van der Waals surface area (Å²) in [5, 5.41) is 11.9. The van der Waals surface area contributed by atoms with Crippen LogP contribution in [-0.4, -0.2) is 73.8 Å². The van der Waals surface area contributed by atoms with Crippen LogP contribution in [0.3, 0.4) is 0 Å². The summed E-state index contributed by atoms with van der Waals surface area (Å²) >= 11 is -0.0837. The molecule has 1 saturated heterocycles. The van der Waals surface area contributed by atoms with Crippen molar-refractivity contribution >= 4 is 38.1 Å². The van der Waals surface area contributed by atoms with Crippen molar-refractivity contribution in [3.63, 3.8) is 0 Å². The van der Waals surface area contributed by atoms with Crippen LogP contribution in [0.4, 0.5) is 0 Å². The number of rotatable bonds is 13. The monoisotopic (exact) mass is 692 g/mol. The Morgan fingerprint density at radius 2 is 1.38 bits per heavy atom. The van der Waals surface area contributed by atoms with Gasteiger partial charge in [0, 0.05) is 0 Å². The van der Waals surface area contributed by atoms with Crippen LogP contribution in [0.25, 0.3) is 0 Å². The second-order valence-electron chi connectivity index (χ2n) is 12.1. The fraction of sp³-hybridized carbons (Fsp3) is 0.351. The molecule has 1 aliphatic heterocycles. The van der Waals surface area contributed by atoms with E-state index in [2.05, 4.69) is 106 Å². The second kappa shape index (κ2) is 15.7. The van der Waals surface area contributed by atoms with Crippen molar-refractivity contribution in [3.8, 4) is 5.75 Å². The predicted octanol–water partition coefficient (Wildman–Crippen LogP) is 4.71. The normalized spacial score (nSPS) is 20.6. The van der Waals surface area contributed by atoms with Crippen LogP contribution in [0.15, 0.2) is 115 Å². The van der Waals surface area contributed by atoms with Gasteiger partial charge in [0.2, 0.25) is 0 Å². The Morgan fingerprint density at radius 3 is 1.91 bits per heavy atom. The zero-order chi connectivity index (χ0) is 31.7. The van der Waals surface area contributed by atoms with Gasteiger partial charge in [-0.05, 0) is 0 Å². The van der Waals surface area contributed by atoms with Crippen LogP contribution in [0.5, 0.6) is 5.75 Å². The van der Waals surface area contributed by atoms with Crippen LogP contribution in [0.2, 0.25) is 9.85 Å². The van der Waals surface area contributed by atoms with Crippen LogP contribution < -0.4 is 19.6 Å². The average molecular weight is 692 g/mol. The molecule has 6 nitrogen and oxygen atoms in total. The van der Waals surface area contributed by atoms with Gasteiger partial charge >= 0.3 is 276 Å². The third-order valence-electron chi connectivity index (χ3n) is 8.12. The Kier molecular flexibility index (Phi) is 11.7. The first-order valence-electron chi connectivity index (χ1n) is 15.4. The molecule has 0 aromatic heterocycles. The standard InChI is InChI=1S/C37H44O6SeSi/c1-37(2,3)45(31-16-10-6-11-17-31,32-18-12-7-13-19-32)43-34-33(41-26-28-20-22-29(39-4)23-21-28)27-42-36(40-25-24-38)35(34)44-30-14-8-5-9-15-30/h5-23,33-36,38H,24-27H2,1-4H3/t33-,34+,35+,36+/m1/s1. The summed E-state index contributed by atoms with van der Waals surface area (Å²) in [6.45, 7) is 7.72. The third-order valence-corrected chi connectivity index (χ3v) is 15.9. The maximum atomic E-state index is 9.70. The van der Waals surface area contributed by atoms with E-state index in [1.54, 1.807) is 7.11 Å². The molecule has 1 N–H and O–H groups in total. The van der Waals surface area contributed by atoms with Crippen LogP contribution in [0.1, 0.15) is 26.3 Å². The van der Waals surface area contributed by atoms with Crippen molar-refractivity contribution in [2.45, 2.75) is 55.7 Å². The molecule has 4 atom stereocenters. The molecule has 0 unspecified atom stereocenters. The molecule has 0 bridgehead atoms. The minimum absolute atomic E-state index is 0.0808. The number of aliphatic hydroxyl groups excluding tert-OH is 1.